The van der Waals surface area contributed by atoms with Gasteiger partial charge in [0.05, 0.1) is 43.6 Å². The van der Waals surface area contributed by atoms with Crippen LogP contribution in [0, 0.1) is 0 Å². The van der Waals surface area contributed by atoms with Gasteiger partial charge in [0.2, 0.25) is 16.0 Å². The third kappa shape index (κ3) is 6.81. The van der Waals surface area contributed by atoms with Crippen molar-refractivity contribution in [3.63, 3.8) is 0 Å². The number of aryl methyl sites for hydroxylation is 1. The highest BCUT2D eigenvalue weighted by molar-refractivity contribution is 7.92. The highest BCUT2D eigenvalue weighted by Gasteiger charge is 2.25. The summed E-state index contributed by atoms with van der Waals surface area (Å²) in [7, 11) is 5.30. The van der Waals surface area contributed by atoms with E-state index in [4.69, 9.17) is 14.5 Å². The summed E-state index contributed by atoms with van der Waals surface area (Å²) in [5.74, 6) is 1.68. The molecule has 0 amide bonds. The van der Waals surface area contributed by atoms with E-state index < -0.39 is 10.0 Å². The fourth-order valence-electron chi connectivity index (χ4n) is 5.61. The molecular weight excluding hydrogens is 594 g/mol. The monoisotopic (exact) mass is 635 g/mol. The van der Waals surface area contributed by atoms with Crippen LogP contribution in [0.15, 0.2) is 42.9 Å². The van der Waals surface area contributed by atoms with Crippen LogP contribution in [0.5, 0.6) is 11.5 Å². The molecule has 5 rings (SSSR count). The number of hydrogen-bond donors (Lipinski definition) is 2. The van der Waals surface area contributed by atoms with Crippen molar-refractivity contribution in [2.45, 2.75) is 32.2 Å². The predicted molar refractivity (Wildman–Crippen MR) is 179 cm³/mol. The number of anilines is 6. The van der Waals surface area contributed by atoms with Gasteiger partial charge < -0.3 is 29.9 Å². The first-order valence-corrected chi connectivity index (χ1v) is 16.6. The first-order chi connectivity index (χ1) is 21.5. The third-order valence-electron chi connectivity index (χ3n) is 8.22. The molecule has 2 N–H and O–H groups in total. The second-order valence-electron chi connectivity index (χ2n) is 11.2. The molecule has 45 heavy (non-hydrogen) atoms. The molecule has 1 aliphatic rings. The van der Waals surface area contributed by atoms with Crippen LogP contribution < -0.4 is 29.3 Å². The molecule has 0 unspecified atom stereocenters. The van der Waals surface area contributed by atoms with Gasteiger partial charge in [-0.25, -0.2) is 13.4 Å². The minimum absolute atomic E-state index is 0.303. The van der Waals surface area contributed by atoms with Gasteiger partial charge in [-0.15, -0.1) is 0 Å². The maximum atomic E-state index is 12.6. The molecule has 0 aliphatic carbocycles. The Hall–Kier alpha value is -4.43. The molecule has 1 saturated heterocycles. The van der Waals surface area contributed by atoms with Crippen molar-refractivity contribution in [2.24, 2.45) is 0 Å². The molecule has 0 atom stereocenters. The second kappa shape index (κ2) is 13.3. The molecular formula is C31H41N9O4S. The maximum absolute atomic E-state index is 12.6. The lowest BCUT2D eigenvalue weighted by atomic mass is 10.0. The summed E-state index contributed by atoms with van der Waals surface area (Å²) < 4.78 is 37.8. The predicted octanol–water partition coefficient (Wildman–Crippen LogP) is 4.41. The number of rotatable bonds is 11. The summed E-state index contributed by atoms with van der Waals surface area (Å²) in [4.78, 5) is 22.7. The zero-order valence-electron chi connectivity index (χ0n) is 26.8. The number of sulfonamides is 1. The summed E-state index contributed by atoms with van der Waals surface area (Å²) >= 11 is 0. The Morgan fingerprint density at radius 2 is 1.67 bits per heavy atom. The fraction of sp³-hybridized carbons (Fsp3) is 0.419. The van der Waals surface area contributed by atoms with Crippen molar-refractivity contribution in [1.82, 2.24) is 24.8 Å². The minimum atomic E-state index is -3.63. The summed E-state index contributed by atoms with van der Waals surface area (Å²) in [6.07, 6.45) is 8.83. The lowest BCUT2D eigenvalue weighted by Crippen LogP contribution is -2.42. The number of aromatic nitrogens is 4. The van der Waals surface area contributed by atoms with Crippen molar-refractivity contribution in [1.29, 1.82) is 0 Å². The van der Waals surface area contributed by atoms with Crippen LogP contribution in [-0.2, 0) is 16.4 Å². The number of nitrogens with zero attached hydrogens (tertiary/aromatic N) is 7. The average Bonchev–Trinajstić information content (AvgIpc) is 3.04. The first kappa shape index (κ1) is 32.0. The molecule has 14 heteroatoms. The van der Waals surface area contributed by atoms with Gasteiger partial charge in [-0.05, 0) is 57.1 Å². The number of hydrogen-bond acceptors (Lipinski definition) is 12. The van der Waals surface area contributed by atoms with E-state index in [2.05, 4.69) is 68.5 Å². The number of piperidine rings is 1. The van der Waals surface area contributed by atoms with E-state index in [9.17, 15) is 8.42 Å². The Kier molecular flexibility index (Phi) is 9.44. The standard InChI is InChI=1S/C31H41N9O4S/c1-8-20-17-24(26(43-5)18-25(20)40-15-11-21(12-16-40)38(2)3)36-31-34-19-27(44-6)30(37-31)35-23-10-9-22-28(33-14-13-32-22)29(23)39(4)45(7,41)42/h9-10,13-14,17-19,21H,8,11-12,15-16H2,1-7H3,(H2,34,35,36,37). The highest BCUT2D eigenvalue weighted by Crippen LogP contribution is 2.39. The number of ether oxygens (including phenoxy) is 2. The highest BCUT2D eigenvalue weighted by atomic mass is 32.2. The van der Waals surface area contributed by atoms with Crippen molar-refractivity contribution in [3.8, 4) is 11.5 Å². The van der Waals surface area contributed by atoms with E-state index in [-0.39, 0.29) is 0 Å². The molecule has 1 fully saturated rings. The van der Waals surface area contributed by atoms with E-state index >= 15 is 0 Å². The summed E-state index contributed by atoms with van der Waals surface area (Å²) in [6, 6.07) is 8.27. The Morgan fingerprint density at radius 1 is 0.956 bits per heavy atom. The normalized spacial score (nSPS) is 14.1. The first-order valence-electron chi connectivity index (χ1n) is 14.8. The van der Waals surface area contributed by atoms with Crippen LogP contribution in [0.3, 0.4) is 0 Å². The van der Waals surface area contributed by atoms with Gasteiger partial charge >= 0.3 is 0 Å². The van der Waals surface area contributed by atoms with Gasteiger partial charge in [0, 0.05) is 50.3 Å². The van der Waals surface area contributed by atoms with Gasteiger partial charge in [0.25, 0.3) is 0 Å². The van der Waals surface area contributed by atoms with E-state index in [0.29, 0.717) is 51.7 Å². The van der Waals surface area contributed by atoms with E-state index in [1.807, 2.05) is 0 Å². The van der Waals surface area contributed by atoms with Gasteiger partial charge in [0.15, 0.2) is 11.6 Å². The number of methoxy groups -OCH3 is 2. The summed E-state index contributed by atoms with van der Waals surface area (Å²) in [5.41, 5.74) is 4.86. The largest absolute Gasteiger partial charge is 0.494 e. The second-order valence-corrected chi connectivity index (χ2v) is 13.2. The smallest absolute Gasteiger partial charge is 0.232 e. The SMILES string of the molecule is CCc1cc(Nc2ncc(OC)c(Nc3ccc4nccnc4c3N(C)S(C)(=O)=O)n2)c(OC)cc1N1CCC(N(C)C)CC1. The Labute approximate surface area is 264 Å². The Bertz CT molecular complexity index is 1780. The quantitative estimate of drug-likeness (QED) is 0.241. The molecule has 2 aromatic carbocycles. The van der Waals surface area contributed by atoms with Crippen LogP contribution in [0.1, 0.15) is 25.3 Å². The van der Waals surface area contributed by atoms with Gasteiger partial charge in [0.1, 0.15) is 17.0 Å². The van der Waals surface area contributed by atoms with Crippen LogP contribution in [0.2, 0.25) is 0 Å². The molecule has 0 radical (unpaired) electrons. The molecule has 3 heterocycles. The number of benzene rings is 2. The topological polar surface area (TPSA) is 138 Å². The van der Waals surface area contributed by atoms with Crippen molar-refractivity contribution >= 4 is 55.6 Å². The molecule has 0 saturated carbocycles. The van der Waals surface area contributed by atoms with Gasteiger partial charge in [-0.1, -0.05) is 6.92 Å². The van der Waals surface area contributed by atoms with Crippen molar-refractivity contribution in [2.75, 3.05) is 74.5 Å². The van der Waals surface area contributed by atoms with Crippen LogP contribution in [-0.4, -0.2) is 94.0 Å². The zero-order valence-corrected chi connectivity index (χ0v) is 27.6. The summed E-state index contributed by atoms with van der Waals surface area (Å²) in [5, 5.41) is 6.57. The summed E-state index contributed by atoms with van der Waals surface area (Å²) in [6.45, 7) is 4.12. The lowest BCUT2D eigenvalue weighted by Gasteiger charge is -2.37. The molecule has 0 bridgehead atoms. The molecule has 0 spiro atoms. The molecule has 240 valence electrons. The van der Waals surface area contributed by atoms with Gasteiger partial charge in [-0.2, -0.15) is 4.98 Å². The molecule has 4 aromatic rings. The Balaban J connectivity index is 1.48. The van der Waals surface area contributed by atoms with Crippen LogP contribution >= 0.6 is 0 Å². The molecule has 1 aliphatic heterocycles. The number of nitrogens with one attached hydrogen (secondary N) is 2. The van der Waals surface area contributed by atoms with Crippen LogP contribution in [0.25, 0.3) is 11.0 Å². The van der Waals surface area contributed by atoms with E-state index in [1.54, 1.807) is 31.6 Å². The third-order valence-corrected chi connectivity index (χ3v) is 9.40. The van der Waals surface area contributed by atoms with Crippen molar-refractivity contribution in [3.05, 3.63) is 48.4 Å². The molecule has 2 aromatic heterocycles. The van der Waals surface area contributed by atoms with Crippen molar-refractivity contribution < 1.29 is 17.9 Å². The number of fused-ring (bicyclic) bond motifs is 1. The lowest BCUT2D eigenvalue weighted by molar-refractivity contribution is 0.249. The van der Waals surface area contributed by atoms with E-state index in [1.165, 1.54) is 35.9 Å². The average molecular weight is 636 g/mol. The maximum Gasteiger partial charge on any atom is 0.232 e. The van der Waals surface area contributed by atoms with Crippen LogP contribution in [0.4, 0.5) is 34.5 Å². The fourth-order valence-corrected chi connectivity index (χ4v) is 6.12. The Morgan fingerprint density at radius 3 is 2.31 bits per heavy atom. The molecule has 13 nitrogen and oxygen atoms in total. The van der Waals surface area contributed by atoms with Gasteiger partial charge in [-0.3, -0.25) is 14.3 Å². The minimum Gasteiger partial charge on any atom is -0.494 e. The van der Waals surface area contributed by atoms with E-state index in [0.717, 1.165) is 44.3 Å². The zero-order chi connectivity index (χ0) is 32.3.